The van der Waals surface area contributed by atoms with E-state index in [4.69, 9.17) is 4.74 Å². The molecular weight excluding hydrogens is 394 g/mol. The maximum atomic E-state index is 5.84. The third-order valence-corrected chi connectivity index (χ3v) is 3.39. The van der Waals surface area contributed by atoms with Gasteiger partial charge in [-0.25, -0.2) is 0 Å². The molecule has 2 aromatic rings. The van der Waals surface area contributed by atoms with E-state index in [2.05, 4.69) is 23.7 Å². The molecule has 0 atom stereocenters. The number of rotatable bonds is 0. The molecule has 3 rings (SSSR count). The Morgan fingerprint density at radius 1 is 0.773 bits per heavy atom. The predicted octanol–water partition coefficient (Wildman–Crippen LogP) is 3.26. The van der Waals surface area contributed by atoms with Crippen molar-refractivity contribution in [2.75, 3.05) is 6.61 Å². The monoisotopic (exact) mass is 410 g/mol. The van der Waals surface area contributed by atoms with Crippen LogP contribution in [0.5, 0.6) is 0 Å². The first-order valence-electron chi connectivity index (χ1n) is 7.17. The molecule has 0 spiro atoms. The molecule has 1 aliphatic rings. The summed E-state index contributed by atoms with van der Waals surface area (Å²) in [5, 5.41) is 0. The molecule has 0 unspecified atom stereocenters. The van der Waals surface area contributed by atoms with Gasteiger partial charge in [0, 0.05) is 73.0 Å². The zero-order valence-electron chi connectivity index (χ0n) is 12.5. The number of hydrogen-bond donors (Lipinski definition) is 0. The average molecular weight is 410 g/mol. The molecular formula is C20H16BaO. The summed E-state index contributed by atoms with van der Waals surface area (Å²) < 4.78 is 5.84. The van der Waals surface area contributed by atoms with Gasteiger partial charge in [-0.3, -0.25) is 0 Å². The van der Waals surface area contributed by atoms with Crippen LogP contribution in [0.1, 0.15) is 24.0 Å². The fourth-order valence-corrected chi connectivity index (χ4v) is 2.26. The molecule has 1 heterocycles. The van der Waals surface area contributed by atoms with Crippen LogP contribution in [-0.2, 0) is 4.74 Å². The largest absolute Gasteiger partial charge is 0.351 e. The van der Waals surface area contributed by atoms with Crippen molar-refractivity contribution in [2.45, 2.75) is 18.4 Å². The van der Waals surface area contributed by atoms with Gasteiger partial charge in [0.2, 0.25) is 0 Å². The van der Waals surface area contributed by atoms with Gasteiger partial charge in [0.15, 0.2) is 5.60 Å². The Morgan fingerprint density at radius 2 is 1.27 bits per heavy atom. The molecule has 22 heavy (non-hydrogen) atoms. The van der Waals surface area contributed by atoms with E-state index in [-0.39, 0.29) is 48.9 Å². The van der Waals surface area contributed by atoms with Crippen LogP contribution in [0.4, 0.5) is 0 Å². The minimum Gasteiger partial charge on any atom is -0.351 e. The predicted molar refractivity (Wildman–Crippen MR) is 90.3 cm³/mol. The topological polar surface area (TPSA) is 9.23 Å². The van der Waals surface area contributed by atoms with Crippen LogP contribution in [0.25, 0.3) is 0 Å². The van der Waals surface area contributed by atoms with Crippen molar-refractivity contribution in [1.29, 1.82) is 0 Å². The molecule has 2 heteroatoms. The van der Waals surface area contributed by atoms with E-state index in [1.54, 1.807) is 0 Å². The third kappa shape index (κ3) is 4.80. The van der Waals surface area contributed by atoms with Crippen molar-refractivity contribution in [1.82, 2.24) is 0 Å². The first-order valence-corrected chi connectivity index (χ1v) is 7.17. The first-order chi connectivity index (χ1) is 10.4. The van der Waals surface area contributed by atoms with Gasteiger partial charge < -0.3 is 4.74 Å². The molecule has 0 aromatic heterocycles. The standard InChI is InChI=1S/C20H16O.Ba/c1-3-8-18(9-4-1)12-15-20(14-7-17-21-20)16-13-19-10-5-2-6-11-19;/h1-6,8-11H,7,14,17H2;. The molecule has 104 valence electrons. The van der Waals surface area contributed by atoms with Crippen LogP contribution in [0.3, 0.4) is 0 Å². The van der Waals surface area contributed by atoms with Crippen LogP contribution in [0, 0.1) is 23.7 Å². The normalized spacial score (nSPS) is 14.7. The second-order valence-corrected chi connectivity index (χ2v) is 5.01. The molecule has 0 bridgehead atoms. The summed E-state index contributed by atoms with van der Waals surface area (Å²) in [5.74, 6) is 12.8. The smallest absolute Gasteiger partial charge is 0.190 e. The van der Waals surface area contributed by atoms with Crippen LogP contribution in [-0.4, -0.2) is 61.1 Å². The minimum absolute atomic E-state index is 0. The van der Waals surface area contributed by atoms with Gasteiger partial charge in [0.25, 0.3) is 0 Å². The fourth-order valence-electron chi connectivity index (χ4n) is 2.26. The van der Waals surface area contributed by atoms with E-state index in [0.29, 0.717) is 0 Å². The second-order valence-electron chi connectivity index (χ2n) is 5.01. The number of benzene rings is 2. The molecule has 0 saturated carbocycles. The van der Waals surface area contributed by atoms with Crippen molar-refractivity contribution in [3.05, 3.63) is 71.8 Å². The van der Waals surface area contributed by atoms with Gasteiger partial charge in [0.05, 0.1) is 0 Å². The van der Waals surface area contributed by atoms with Gasteiger partial charge in [-0.2, -0.15) is 0 Å². The van der Waals surface area contributed by atoms with E-state index in [0.717, 1.165) is 30.6 Å². The molecule has 0 aliphatic carbocycles. The van der Waals surface area contributed by atoms with Gasteiger partial charge in [0.1, 0.15) is 0 Å². The van der Waals surface area contributed by atoms with E-state index < -0.39 is 5.60 Å². The van der Waals surface area contributed by atoms with Crippen molar-refractivity contribution in [3.63, 3.8) is 0 Å². The summed E-state index contributed by atoms with van der Waals surface area (Å²) in [6.45, 7) is 0.729. The maximum absolute atomic E-state index is 5.84. The Bertz CT molecular complexity index is 649. The molecule has 2 radical (unpaired) electrons. The van der Waals surface area contributed by atoms with E-state index in [1.807, 2.05) is 60.7 Å². The maximum Gasteiger partial charge on any atom is 0.190 e. The molecule has 0 N–H and O–H groups in total. The van der Waals surface area contributed by atoms with Crippen molar-refractivity contribution >= 4 is 48.9 Å². The summed E-state index contributed by atoms with van der Waals surface area (Å²) in [6, 6.07) is 19.9. The summed E-state index contributed by atoms with van der Waals surface area (Å²) in [7, 11) is 0. The Morgan fingerprint density at radius 3 is 1.68 bits per heavy atom. The van der Waals surface area contributed by atoms with E-state index >= 15 is 0 Å². The molecule has 1 aliphatic heterocycles. The summed E-state index contributed by atoms with van der Waals surface area (Å²) >= 11 is 0. The number of ether oxygens (including phenoxy) is 1. The SMILES string of the molecule is C(#CC1(C#Cc2ccccc2)CCCO1)c1ccccc1.[Ba]. The van der Waals surface area contributed by atoms with Gasteiger partial charge in [-0.1, -0.05) is 48.2 Å². The fraction of sp³-hybridized carbons (Fsp3) is 0.200. The van der Waals surface area contributed by atoms with Crippen LogP contribution < -0.4 is 0 Å². The Kier molecular flexibility index (Phi) is 6.86. The average Bonchev–Trinajstić information content (AvgIpc) is 3.03. The Labute approximate surface area is 172 Å². The van der Waals surface area contributed by atoms with E-state index in [9.17, 15) is 0 Å². The summed E-state index contributed by atoms with van der Waals surface area (Å²) in [4.78, 5) is 0. The van der Waals surface area contributed by atoms with Gasteiger partial charge in [-0.15, -0.1) is 0 Å². The first kappa shape index (κ1) is 17.4. The number of hydrogen-bond acceptors (Lipinski definition) is 1. The molecule has 2 aromatic carbocycles. The zero-order valence-corrected chi connectivity index (χ0v) is 17.0. The van der Waals surface area contributed by atoms with Crippen molar-refractivity contribution in [3.8, 4) is 23.7 Å². The molecule has 1 fully saturated rings. The molecule has 1 nitrogen and oxygen atoms in total. The van der Waals surface area contributed by atoms with Gasteiger partial charge in [-0.05, 0) is 42.5 Å². The van der Waals surface area contributed by atoms with E-state index in [1.165, 1.54) is 0 Å². The van der Waals surface area contributed by atoms with Crippen LogP contribution in [0.15, 0.2) is 60.7 Å². The molecule has 1 saturated heterocycles. The van der Waals surface area contributed by atoms with Gasteiger partial charge >= 0.3 is 0 Å². The van der Waals surface area contributed by atoms with Crippen LogP contribution >= 0.6 is 0 Å². The summed E-state index contributed by atoms with van der Waals surface area (Å²) in [6.07, 6.45) is 1.87. The van der Waals surface area contributed by atoms with Crippen molar-refractivity contribution in [2.24, 2.45) is 0 Å². The zero-order chi connectivity index (χ0) is 14.4. The second kappa shape index (κ2) is 8.65. The Balaban J connectivity index is 0.00000176. The third-order valence-electron chi connectivity index (χ3n) is 3.39. The molecule has 0 amide bonds. The van der Waals surface area contributed by atoms with Crippen LogP contribution in [0.2, 0.25) is 0 Å². The Hall–Kier alpha value is -0.909. The quantitative estimate of drug-likeness (QED) is 0.479. The summed E-state index contributed by atoms with van der Waals surface area (Å²) in [5.41, 5.74) is 1.37. The van der Waals surface area contributed by atoms with Crippen molar-refractivity contribution < 1.29 is 4.74 Å². The minimum atomic E-state index is -0.619.